The predicted molar refractivity (Wildman–Crippen MR) is 152 cm³/mol. The van der Waals surface area contributed by atoms with Gasteiger partial charge in [-0.2, -0.15) is 0 Å². The zero-order valence-electron chi connectivity index (χ0n) is 23.5. The van der Waals surface area contributed by atoms with E-state index < -0.39 is 11.7 Å². The highest BCUT2D eigenvalue weighted by Crippen LogP contribution is 2.42. The Labute approximate surface area is 232 Å². The van der Waals surface area contributed by atoms with Crippen LogP contribution in [0, 0.1) is 0 Å². The van der Waals surface area contributed by atoms with Gasteiger partial charge in [0.25, 0.3) is 5.91 Å². The Kier molecular flexibility index (Phi) is 9.69. The standard InChI is InChI=1S/C30H42N6O3/c1-4-7-11-18-34-28(38)27-30(5-2,35(29(34)39)19-16-24-13-9-8-10-14-24)32-26(22-25-15-12-17-31-23-25)36(27)33(6-3)20-21-37/h8-10,12-15,17,23,27,37H,4-7,11,16,18-22H2,1-3H3. The zero-order valence-corrected chi connectivity index (χ0v) is 23.5. The smallest absolute Gasteiger partial charge is 0.328 e. The topological polar surface area (TPSA) is 92.6 Å². The molecule has 1 N–H and O–H groups in total. The van der Waals surface area contributed by atoms with E-state index >= 15 is 0 Å². The summed E-state index contributed by atoms with van der Waals surface area (Å²) < 4.78 is 0. The maximum Gasteiger partial charge on any atom is 0.328 e. The lowest BCUT2D eigenvalue weighted by atomic mass is 9.91. The monoisotopic (exact) mass is 534 g/mol. The number of amidine groups is 1. The van der Waals surface area contributed by atoms with E-state index in [1.807, 2.05) is 59.1 Å². The number of carbonyl (C=O) groups is 2. The van der Waals surface area contributed by atoms with E-state index in [2.05, 4.69) is 24.0 Å². The molecule has 3 heterocycles. The summed E-state index contributed by atoms with van der Waals surface area (Å²) >= 11 is 0. The molecule has 0 saturated carbocycles. The summed E-state index contributed by atoms with van der Waals surface area (Å²) in [5.74, 6) is 0.502. The van der Waals surface area contributed by atoms with Crippen molar-refractivity contribution in [2.75, 3.05) is 32.8 Å². The molecule has 0 radical (unpaired) electrons. The molecular formula is C30H42N6O3. The van der Waals surface area contributed by atoms with E-state index in [4.69, 9.17) is 4.99 Å². The van der Waals surface area contributed by atoms with E-state index in [9.17, 15) is 14.7 Å². The fraction of sp³-hybridized carbons (Fsp3) is 0.533. The maximum atomic E-state index is 14.3. The number of amides is 3. The molecule has 9 heteroatoms. The summed E-state index contributed by atoms with van der Waals surface area (Å²) in [5.41, 5.74) is 1.07. The van der Waals surface area contributed by atoms with Crippen molar-refractivity contribution in [1.82, 2.24) is 24.8 Å². The van der Waals surface area contributed by atoms with Gasteiger partial charge in [0.1, 0.15) is 5.84 Å². The minimum atomic E-state index is -1.04. The third kappa shape index (κ3) is 5.84. The Morgan fingerprint density at radius 1 is 1.00 bits per heavy atom. The molecule has 0 spiro atoms. The van der Waals surface area contributed by atoms with Crippen molar-refractivity contribution in [3.05, 3.63) is 66.0 Å². The molecule has 2 aromatic rings. The van der Waals surface area contributed by atoms with Crippen LogP contribution in [-0.2, 0) is 17.6 Å². The Balaban J connectivity index is 1.80. The van der Waals surface area contributed by atoms with E-state index in [1.165, 1.54) is 4.90 Å². The van der Waals surface area contributed by atoms with Crippen LogP contribution < -0.4 is 0 Å². The number of benzene rings is 1. The largest absolute Gasteiger partial charge is 0.395 e. The van der Waals surface area contributed by atoms with Gasteiger partial charge < -0.3 is 5.11 Å². The van der Waals surface area contributed by atoms with Gasteiger partial charge in [-0.25, -0.2) is 14.8 Å². The molecule has 210 valence electrons. The third-order valence-electron chi connectivity index (χ3n) is 7.78. The average Bonchev–Trinajstić information content (AvgIpc) is 3.29. The lowest BCUT2D eigenvalue weighted by Gasteiger charge is -2.51. The molecule has 2 aliphatic rings. The second kappa shape index (κ2) is 13.2. The van der Waals surface area contributed by atoms with Crippen LogP contribution in [0.5, 0.6) is 0 Å². The molecule has 2 atom stereocenters. The highest BCUT2D eigenvalue weighted by Gasteiger charge is 2.62. The Hall–Kier alpha value is -3.30. The first-order valence-corrected chi connectivity index (χ1v) is 14.3. The number of aliphatic hydroxyl groups is 1. The van der Waals surface area contributed by atoms with Crippen molar-refractivity contribution in [2.45, 2.75) is 71.0 Å². The predicted octanol–water partition coefficient (Wildman–Crippen LogP) is 3.74. The normalized spacial score (nSPS) is 21.1. The minimum absolute atomic E-state index is 0.0542. The van der Waals surface area contributed by atoms with Gasteiger partial charge in [-0.3, -0.25) is 24.6 Å². The number of imide groups is 1. The van der Waals surface area contributed by atoms with Gasteiger partial charge in [0.2, 0.25) is 0 Å². The molecule has 9 nitrogen and oxygen atoms in total. The van der Waals surface area contributed by atoms with E-state index in [0.29, 0.717) is 51.3 Å². The number of likely N-dealkylation sites (N-methyl/N-ethyl adjacent to an activating group) is 1. The summed E-state index contributed by atoms with van der Waals surface area (Å²) in [5, 5.41) is 13.9. The quantitative estimate of drug-likeness (QED) is 0.371. The van der Waals surface area contributed by atoms with Gasteiger partial charge in [0, 0.05) is 45.0 Å². The van der Waals surface area contributed by atoms with E-state index in [-0.39, 0.29) is 18.5 Å². The fourth-order valence-electron chi connectivity index (χ4n) is 5.77. The van der Waals surface area contributed by atoms with Crippen molar-refractivity contribution in [3.63, 3.8) is 0 Å². The summed E-state index contributed by atoms with van der Waals surface area (Å²) in [6.45, 7) is 7.86. The maximum absolute atomic E-state index is 14.3. The first kappa shape index (κ1) is 28.7. The Bertz CT molecular complexity index is 1130. The SMILES string of the molecule is CCCCCN1C(=O)C2N(N(CC)CCO)C(Cc3cccnc3)=NC2(CC)N(CCc2ccccc2)C1=O. The fourth-order valence-corrected chi connectivity index (χ4v) is 5.77. The number of hydrogen-bond donors (Lipinski definition) is 1. The van der Waals surface area contributed by atoms with Gasteiger partial charge >= 0.3 is 6.03 Å². The Morgan fingerprint density at radius 3 is 2.41 bits per heavy atom. The number of rotatable bonds is 14. The molecule has 0 bridgehead atoms. The van der Waals surface area contributed by atoms with Crippen LogP contribution in [0.4, 0.5) is 4.79 Å². The van der Waals surface area contributed by atoms with Crippen molar-refractivity contribution in [2.24, 2.45) is 4.99 Å². The highest BCUT2D eigenvalue weighted by molar-refractivity contribution is 6.05. The molecule has 3 amide bonds. The van der Waals surface area contributed by atoms with E-state index in [1.54, 1.807) is 12.4 Å². The van der Waals surface area contributed by atoms with Crippen LogP contribution in [0.15, 0.2) is 59.9 Å². The van der Waals surface area contributed by atoms with E-state index in [0.717, 1.165) is 30.4 Å². The second-order valence-corrected chi connectivity index (χ2v) is 10.2. The number of aromatic nitrogens is 1. The minimum Gasteiger partial charge on any atom is -0.395 e. The number of unbranched alkanes of at least 4 members (excludes halogenated alkanes) is 2. The number of carbonyl (C=O) groups excluding carboxylic acids is 2. The molecule has 1 aromatic carbocycles. The van der Waals surface area contributed by atoms with Gasteiger partial charge in [-0.05, 0) is 36.5 Å². The molecule has 39 heavy (non-hydrogen) atoms. The number of hydrazine groups is 1. The molecular weight excluding hydrogens is 492 g/mol. The van der Waals surface area contributed by atoms with Gasteiger partial charge in [0.05, 0.1) is 6.61 Å². The van der Waals surface area contributed by atoms with Crippen LogP contribution in [0.3, 0.4) is 0 Å². The third-order valence-corrected chi connectivity index (χ3v) is 7.78. The summed E-state index contributed by atoms with van der Waals surface area (Å²) in [7, 11) is 0. The first-order chi connectivity index (χ1) is 19.0. The average molecular weight is 535 g/mol. The van der Waals surface area contributed by atoms with Crippen molar-refractivity contribution >= 4 is 17.8 Å². The van der Waals surface area contributed by atoms with Crippen molar-refractivity contribution in [1.29, 1.82) is 0 Å². The van der Waals surface area contributed by atoms with Crippen LogP contribution in [0.1, 0.15) is 57.6 Å². The molecule has 2 aliphatic heterocycles. The highest BCUT2D eigenvalue weighted by atomic mass is 16.3. The molecule has 1 saturated heterocycles. The molecule has 1 fully saturated rings. The van der Waals surface area contributed by atoms with Crippen LogP contribution >= 0.6 is 0 Å². The van der Waals surface area contributed by atoms with Crippen LogP contribution in [0.2, 0.25) is 0 Å². The van der Waals surface area contributed by atoms with Gasteiger partial charge in [-0.15, -0.1) is 0 Å². The van der Waals surface area contributed by atoms with Crippen LogP contribution in [0.25, 0.3) is 0 Å². The number of aliphatic hydroxyl groups excluding tert-OH is 1. The molecule has 2 unspecified atom stereocenters. The van der Waals surface area contributed by atoms with Gasteiger partial charge in [0.15, 0.2) is 11.7 Å². The molecule has 0 aliphatic carbocycles. The number of urea groups is 1. The van der Waals surface area contributed by atoms with Crippen molar-refractivity contribution in [3.8, 4) is 0 Å². The van der Waals surface area contributed by atoms with Crippen LogP contribution in [-0.4, -0.2) is 92.2 Å². The molecule has 1 aromatic heterocycles. The number of fused-ring (bicyclic) bond motifs is 1. The number of hydrogen-bond acceptors (Lipinski definition) is 7. The number of nitrogens with zero attached hydrogens (tertiary/aromatic N) is 6. The molecule has 4 rings (SSSR count). The summed E-state index contributed by atoms with van der Waals surface area (Å²) in [4.78, 5) is 41.2. The van der Waals surface area contributed by atoms with Crippen molar-refractivity contribution < 1.29 is 14.7 Å². The van der Waals surface area contributed by atoms with Gasteiger partial charge in [-0.1, -0.05) is 70.0 Å². The second-order valence-electron chi connectivity index (χ2n) is 10.2. The lowest BCUT2D eigenvalue weighted by molar-refractivity contribution is -0.151. The number of pyridine rings is 1. The summed E-state index contributed by atoms with van der Waals surface area (Å²) in [6.07, 6.45) is 7.89. The Morgan fingerprint density at radius 2 is 1.77 bits per heavy atom. The summed E-state index contributed by atoms with van der Waals surface area (Å²) in [6, 6.07) is 13.0. The lowest BCUT2D eigenvalue weighted by Crippen LogP contribution is -2.74. The zero-order chi connectivity index (χ0) is 27.8. The number of aliphatic imine (C=N–C) groups is 1. The first-order valence-electron chi connectivity index (χ1n) is 14.3.